The van der Waals surface area contributed by atoms with Crippen molar-refractivity contribution in [1.29, 1.82) is 0 Å². The zero-order chi connectivity index (χ0) is 16.2. The predicted octanol–water partition coefficient (Wildman–Crippen LogP) is 4.53. The van der Waals surface area contributed by atoms with E-state index in [1.165, 1.54) is 28.4 Å². The molecule has 0 N–H and O–H groups in total. The molecule has 0 aliphatic heterocycles. The van der Waals surface area contributed by atoms with Crippen molar-refractivity contribution in [1.82, 2.24) is 15.0 Å². The minimum atomic E-state index is -0.453. The van der Waals surface area contributed by atoms with E-state index in [2.05, 4.69) is 27.9 Å². The van der Waals surface area contributed by atoms with Gasteiger partial charge in [-0.3, -0.25) is 10.1 Å². The molecule has 0 saturated carbocycles. The lowest BCUT2D eigenvalue weighted by Crippen LogP contribution is -1.88. The van der Waals surface area contributed by atoms with E-state index in [-0.39, 0.29) is 5.00 Å². The van der Waals surface area contributed by atoms with Crippen LogP contribution in [-0.2, 0) is 0 Å². The van der Waals surface area contributed by atoms with E-state index in [1.54, 1.807) is 17.5 Å². The molecule has 0 aliphatic carbocycles. The van der Waals surface area contributed by atoms with Gasteiger partial charge >= 0.3 is 5.00 Å². The van der Waals surface area contributed by atoms with Gasteiger partial charge in [0.15, 0.2) is 9.50 Å². The van der Waals surface area contributed by atoms with E-state index in [0.29, 0.717) is 9.50 Å². The first-order chi connectivity index (χ1) is 11.1. The fraction of sp³-hybridized carbons (Fsp3) is 0.0714. The van der Waals surface area contributed by atoms with Crippen molar-refractivity contribution in [2.75, 3.05) is 0 Å². The third-order valence-electron chi connectivity index (χ3n) is 2.79. The molecule has 0 aliphatic rings. The Labute approximate surface area is 144 Å². The summed E-state index contributed by atoms with van der Waals surface area (Å²) in [5.41, 5.74) is 2.01. The van der Waals surface area contributed by atoms with Crippen molar-refractivity contribution in [2.24, 2.45) is 0 Å². The summed E-state index contributed by atoms with van der Waals surface area (Å²) < 4.78 is 0.548. The van der Waals surface area contributed by atoms with E-state index < -0.39 is 4.92 Å². The Hall–Kier alpha value is -2.10. The van der Waals surface area contributed by atoms with Crippen molar-refractivity contribution < 1.29 is 4.92 Å². The Bertz CT molecular complexity index is 872. The van der Waals surface area contributed by atoms with E-state index in [1.807, 2.05) is 23.6 Å². The smallest absolute Gasteiger partial charge is 0.257 e. The van der Waals surface area contributed by atoms with Gasteiger partial charge in [-0.05, 0) is 65.3 Å². The number of rotatable bonds is 5. The van der Waals surface area contributed by atoms with Gasteiger partial charge in [-0.25, -0.2) is 15.0 Å². The largest absolute Gasteiger partial charge is 0.344 e. The number of aryl methyl sites for hydroxylation is 1. The maximum absolute atomic E-state index is 10.7. The van der Waals surface area contributed by atoms with Crippen LogP contribution in [0.25, 0.3) is 12.2 Å². The zero-order valence-electron chi connectivity index (χ0n) is 11.9. The molecule has 116 valence electrons. The minimum absolute atomic E-state index is 0.0109. The lowest BCUT2D eigenvalue weighted by atomic mass is 10.2. The Balaban J connectivity index is 1.75. The van der Waals surface area contributed by atoms with Gasteiger partial charge in [0.2, 0.25) is 0 Å². The molecule has 0 unspecified atom stereocenters. The molecule has 9 heteroatoms. The monoisotopic (exact) mass is 362 g/mol. The summed E-state index contributed by atoms with van der Waals surface area (Å²) in [4.78, 5) is 24.0. The SMILES string of the molecule is Cc1ccsc1/C=C/c1ccnc(Sc2ncc([N+](=O)[O-])s2)n1. The molecular formula is C14H10N4O2S3. The quantitative estimate of drug-likeness (QED) is 0.377. The summed E-state index contributed by atoms with van der Waals surface area (Å²) in [6.07, 6.45) is 6.86. The first-order valence-electron chi connectivity index (χ1n) is 6.45. The highest BCUT2D eigenvalue weighted by Gasteiger charge is 2.13. The van der Waals surface area contributed by atoms with Gasteiger partial charge in [-0.1, -0.05) is 0 Å². The second-order valence-electron chi connectivity index (χ2n) is 4.39. The number of hydrogen-bond donors (Lipinski definition) is 0. The van der Waals surface area contributed by atoms with Gasteiger partial charge in [0.1, 0.15) is 6.20 Å². The third-order valence-corrected chi connectivity index (χ3v) is 5.68. The summed E-state index contributed by atoms with van der Waals surface area (Å²) >= 11 is 3.90. The second-order valence-corrected chi connectivity index (χ2v) is 7.56. The van der Waals surface area contributed by atoms with Crippen LogP contribution in [0.5, 0.6) is 0 Å². The molecule has 3 rings (SSSR count). The van der Waals surface area contributed by atoms with Crippen LogP contribution >= 0.6 is 34.4 Å². The van der Waals surface area contributed by atoms with Gasteiger partial charge in [0, 0.05) is 11.1 Å². The first kappa shape index (κ1) is 15.8. The summed E-state index contributed by atoms with van der Waals surface area (Å²) in [7, 11) is 0. The van der Waals surface area contributed by atoms with Crippen molar-refractivity contribution in [3.63, 3.8) is 0 Å². The maximum Gasteiger partial charge on any atom is 0.344 e. The van der Waals surface area contributed by atoms with Crippen LogP contribution in [0.1, 0.15) is 16.1 Å². The van der Waals surface area contributed by atoms with Gasteiger partial charge in [-0.2, -0.15) is 0 Å². The molecule has 0 spiro atoms. The van der Waals surface area contributed by atoms with Crippen LogP contribution in [0.2, 0.25) is 0 Å². The van der Waals surface area contributed by atoms with Gasteiger partial charge in [0.25, 0.3) is 0 Å². The van der Waals surface area contributed by atoms with Crippen LogP contribution in [0.4, 0.5) is 5.00 Å². The van der Waals surface area contributed by atoms with Crippen molar-refractivity contribution >= 4 is 51.6 Å². The Morgan fingerprint density at radius 2 is 2.17 bits per heavy atom. The second kappa shape index (κ2) is 6.99. The highest BCUT2D eigenvalue weighted by molar-refractivity contribution is 8.00. The third kappa shape index (κ3) is 4.01. The van der Waals surface area contributed by atoms with E-state index in [4.69, 9.17) is 0 Å². The summed E-state index contributed by atoms with van der Waals surface area (Å²) in [5, 5.41) is 13.2. The molecule has 3 heterocycles. The molecule has 0 fully saturated rings. The topological polar surface area (TPSA) is 81.8 Å². The van der Waals surface area contributed by atoms with Crippen LogP contribution in [-0.4, -0.2) is 19.9 Å². The number of nitrogens with zero attached hydrogens (tertiary/aromatic N) is 4. The molecule has 3 aromatic heterocycles. The Morgan fingerprint density at radius 3 is 2.87 bits per heavy atom. The molecule has 0 saturated heterocycles. The van der Waals surface area contributed by atoms with Crippen molar-refractivity contribution in [3.8, 4) is 0 Å². The molecule has 0 aromatic carbocycles. The molecular weight excluding hydrogens is 352 g/mol. The van der Waals surface area contributed by atoms with Crippen LogP contribution in [0.3, 0.4) is 0 Å². The highest BCUT2D eigenvalue weighted by Crippen LogP contribution is 2.32. The number of thiazole rings is 1. The molecule has 6 nitrogen and oxygen atoms in total. The molecule has 0 radical (unpaired) electrons. The highest BCUT2D eigenvalue weighted by atomic mass is 32.2. The predicted molar refractivity (Wildman–Crippen MR) is 92.9 cm³/mol. The van der Waals surface area contributed by atoms with Gasteiger partial charge in [0.05, 0.1) is 10.6 Å². The summed E-state index contributed by atoms with van der Waals surface area (Å²) in [6, 6.07) is 3.88. The number of thiophene rings is 1. The van der Waals surface area contributed by atoms with Crippen LogP contribution in [0, 0.1) is 17.0 Å². The maximum atomic E-state index is 10.7. The molecule has 0 amide bonds. The zero-order valence-corrected chi connectivity index (χ0v) is 14.3. The van der Waals surface area contributed by atoms with E-state index in [9.17, 15) is 10.1 Å². The first-order valence-corrected chi connectivity index (χ1v) is 8.96. The molecule has 0 atom stereocenters. The Kier molecular flexibility index (Phi) is 4.79. The molecule has 0 bridgehead atoms. The van der Waals surface area contributed by atoms with E-state index >= 15 is 0 Å². The average Bonchev–Trinajstić information content (AvgIpc) is 3.15. The molecule has 23 heavy (non-hydrogen) atoms. The molecule has 3 aromatic rings. The normalized spacial score (nSPS) is 11.2. The van der Waals surface area contributed by atoms with E-state index in [0.717, 1.165) is 17.0 Å². The lowest BCUT2D eigenvalue weighted by molar-refractivity contribution is -0.380. The lowest BCUT2D eigenvalue weighted by Gasteiger charge is -1.97. The van der Waals surface area contributed by atoms with Crippen molar-refractivity contribution in [2.45, 2.75) is 16.4 Å². The Morgan fingerprint density at radius 1 is 1.30 bits per heavy atom. The van der Waals surface area contributed by atoms with Crippen molar-refractivity contribution in [3.05, 3.63) is 56.2 Å². The van der Waals surface area contributed by atoms with Gasteiger partial charge < -0.3 is 0 Å². The standard InChI is InChI=1S/C14H10N4O2S3/c1-9-5-7-21-11(9)3-2-10-4-6-15-13(17-10)23-14-16-8-12(22-14)18(19)20/h2-8H,1H3/b3-2+. The number of nitro groups is 1. The number of aromatic nitrogens is 3. The summed E-state index contributed by atoms with van der Waals surface area (Å²) in [5.74, 6) is 0. The number of hydrogen-bond acceptors (Lipinski definition) is 8. The minimum Gasteiger partial charge on any atom is -0.257 e. The van der Waals surface area contributed by atoms with Crippen LogP contribution < -0.4 is 0 Å². The van der Waals surface area contributed by atoms with Crippen LogP contribution in [0.15, 0.2) is 39.4 Å². The summed E-state index contributed by atoms with van der Waals surface area (Å²) in [6.45, 7) is 2.06. The fourth-order valence-corrected chi connectivity index (χ4v) is 4.13. The average molecular weight is 362 g/mol. The fourth-order valence-electron chi connectivity index (χ4n) is 1.67. The van der Waals surface area contributed by atoms with Gasteiger partial charge in [-0.15, -0.1) is 11.3 Å².